The summed E-state index contributed by atoms with van der Waals surface area (Å²) in [5, 5.41) is 5.61. The molecule has 0 atom stereocenters. The lowest BCUT2D eigenvalue weighted by Crippen LogP contribution is -2.89. The van der Waals surface area contributed by atoms with Gasteiger partial charge in [0, 0.05) is 12.4 Å². The van der Waals surface area contributed by atoms with Gasteiger partial charge in [-0.15, -0.1) is 5.53 Å². The van der Waals surface area contributed by atoms with Gasteiger partial charge in [0.25, 0.3) is 0 Å². The van der Waals surface area contributed by atoms with Crippen LogP contribution < -0.4 is 11.0 Å². The van der Waals surface area contributed by atoms with Crippen molar-refractivity contribution in [1.29, 1.82) is 0 Å². The number of nitrogens with zero attached hydrogens (tertiary/aromatic N) is 3. The zero-order valence-corrected chi connectivity index (χ0v) is 4.65. The highest BCUT2D eigenvalue weighted by molar-refractivity contribution is 6.29. The molecule has 2 aliphatic heterocycles. The van der Waals surface area contributed by atoms with Crippen LogP contribution in [-0.2, 0) is 0 Å². The third-order valence-corrected chi connectivity index (χ3v) is 1.11. The van der Waals surface area contributed by atoms with Crippen molar-refractivity contribution in [3.05, 3.63) is 12.4 Å². The molecule has 0 aliphatic carbocycles. The van der Waals surface area contributed by atoms with Gasteiger partial charge in [0.1, 0.15) is 6.21 Å². The minimum absolute atomic E-state index is 0.831. The van der Waals surface area contributed by atoms with Crippen molar-refractivity contribution in [3.8, 4) is 0 Å². The van der Waals surface area contributed by atoms with E-state index in [1.807, 2.05) is 0 Å². The Morgan fingerprint density at radius 2 is 2.67 bits per heavy atom. The van der Waals surface area contributed by atoms with Crippen molar-refractivity contribution in [2.45, 2.75) is 0 Å². The molecule has 2 rings (SSSR count). The number of hydrogen-bond acceptors (Lipinski definition) is 4. The van der Waals surface area contributed by atoms with Gasteiger partial charge in [-0.05, 0) is 0 Å². The van der Waals surface area contributed by atoms with Gasteiger partial charge in [0.15, 0.2) is 0 Å². The van der Waals surface area contributed by atoms with Gasteiger partial charge < -0.3 is 0 Å². The number of quaternary nitrogens is 1. The molecule has 0 saturated heterocycles. The van der Waals surface area contributed by atoms with Gasteiger partial charge in [0.2, 0.25) is 5.84 Å². The molecule has 0 bridgehead atoms. The van der Waals surface area contributed by atoms with Crippen LogP contribution in [0, 0.1) is 0 Å². The standard InChI is InChI=1S/C4H5N5/c1-2-7-9-4(5-1)3-6-8-9/h1-3,7-8H/p+1. The Balaban J connectivity index is 2.31. The van der Waals surface area contributed by atoms with Crippen LogP contribution in [0.5, 0.6) is 0 Å². The third kappa shape index (κ3) is 0.584. The Morgan fingerprint density at radius 1 is 1.67 bits per heavy atom. The first-order valence-corrected chi connectivity index (χ1v) is 2.61. The first-order chi connectivity index (χ1) is 4.47. The zero-order valence-electron chi connectivity index (χ0n) is 4.65. The van der Waals surface area contributed by atoms with Crippen LogP contribution in [-0.4, -0.2) is 17.2 Å². The molecule has 2 heterocycles. The number of hydrazine groups is 1. The number of nitrogens with one attached hydrogen (secondary N) is 1. The highest BCUT2D eigenvalue weighted by Crippen LogP contribution is 1.88. The molecule has 5 heteroatoms. The van der Waals surface area contributed by atoms with Crippen molar-refractivity contribution < 1.29 is 5.53 Å². The minimum atomic E-state index is 0.831. The SMILES string of the molecule is C1=CNN2[NH2+]N=CC2=N1. The number of nitrogens with two attached hydrogens (primary N) is 1. The minimum Gasteiger partial charge on any atom is -0.257 e. The maximum absolute atomic E-state index is 4.01. The molecule has 3 N–H and O–H groups in total. The van der Waals surface area contributed by atoms with Crippen molar-refractivity contribution in [1.82, 2.24) is 10.5 Å². The Kier molecular flexibility index (Phi) is 0.782. The van der Waals surface area contributed by atoms with E-state index in [9.17, 15) is 0 Å². The second-order valence-electron chi connectivity index (χ2n) is 1.70. The summed E-state index contributed by atoms with van der Waals surface area (Å²) in [6.45, 7) is 0. The molecular formula is C4H6N5+. The summed E-state index contributed by atoms with van der Waals surface area (Å²) >= 11 is 0. The van der Waals surface area contributed by atoms with Crippen LogP contribution in [0.25, 0.3) is 0 Å². The van der Waals surface area contributed by atoms with E-state index in [1.165, 1.54) is 0 Å². The van der Waals surface area contributed by atoms with E-state index in [4.69, 9.17) is 0 Å². The topological polar surface area (TPSA) is 56.6 Å². The molecule has 0 aromatic carbocycles. The van der Waals surface area contributed by atoms with Crippen LogP contribution in [0.3, 0.4) is 0 Å². The average Bonchev–Trinajstić information content (AvgIpc) is 2.33. The quantitative estimate of drug-likeness (QED) is 0.373. The van der Waals surface area contributed by atoms with Gasteiger partial charge in [-0.25, -0.2) is 4.99 Å². The Morgan fingerprint density at radius 3 is 3.56 bits per heavy atom. The number of amidine groups is 1. The molecule has 46 valence electrons. The van der Waals surface area contributed by atoms with E-state index in [-0.39, 0.29) is 0 Å². The molecule has 0 radical (unpaired) electrons. The molecule has 0 saturated carbocycles. The monoisotopic (exact) mass is 124 g/mol. The Labute approximate surface area is 51.7 Å². The molecule has 0 spiro atoms. The van der Waals surface area contributed by atoms with E-state index in [0.717, 1.165) is 5.84 Å². The maximum atomic E-state index is 4.01. The number of rotatable bonds is 0. The number of fused-ring (bicyclic) bond motifs is 1. The molecular weight excluding hydrogens is 118 g/mol. The van der Waals surface area contributed by atoms with Crippen molar-refractivity contribution in [3.63, 3.8) is 0 Å². The van der Waals surface area contributed by atoms with Gasteiger partial charge in [-0.2, -0.15) is 0 Å². The predicted molar refractivity (Wildman–Crippen MR) is 32.0 cm³/mol. The lowest BCUT2D eigenvalue weighted by molar-refractivity contribution is -0.793. The molecule has 5 nitrogen and oxygen atoms in total. The highest BCUT2D eigenvalue weighted by atomic mass is 15.8. The summed E-state index contributed by atoms with van der Waals surface area (Å²) in [6, 6.07) is 0. The first kappa shape index (κ1) is 4.51. The van der Waals surface area contributed by atoms with Gasteiger partial charge >= 0.3 is 0 Å². The normalized spacial score (nSPS) is 21.3. The lowest BCUT2D eigenvalue weighted by atomic mass is 10.6. The van der Waals surface area contributed by atoms with Crippen LogP contribution in [0.15, 0.2) is 22.5 Å². The number of hydrogen-bond donors (Lipinski definition) is 2. The lowest BCUT2D eigenvalue weighted by Gasteiger charge is -2.12. The van der Waals surface area contributed by atoms with Crippen LogP contribution in [0.1, 0.15) is 0 Å². The first-order valence-electron chi connectivity index (χ1n) is 2.61. The fourth-order valence-corrected chi connectivity index (χ4v) is 0.710. The second-order valence-corrected chi connectivity index (χ2v) is 1.70. The third-order valence-electron chi connectivity index (χ3n) is 1.11. The molecule has 0 amide bonds. The highest BCUT2D eigenvalue weighted by Gasteiger charge is 2.18. The fraction of sp³-hybridized carbons (Fsp3) is 0. The Bertz CT molecular complexity index is 203. The average molecular weight is 124 g/mol. The largest absolute Gasteiger partial charge is 0.257 e. The molecule has 0 aromatic rings. The molecule has 0 aromatic heterocycles. The Hall–Kier alpha value is -1.36. The molecule has 9 heavy (non-hydrogen) atoms. The van der Waals surface area contributed by atoms with Crippen LogP contribution in [0.2, 0.25) is 0 Å². The fourth-order valence-electron chi connectivity index (χ4n) is 0.710. The van der Waals surface area contributed by atoms with E-state index in [1.54, 1.807) is 29.3 Å². The predicted octanol–water partition coefficient (Wildman–Crippen LogP) is -1.85. The summed E-state index contributed by atoms with van der Waals surface area (Å²) in [4.78, 5) is 4.01. The van der Waals surface area contributed by atoms with Crippen LogP contribution in [0.4, 0.5) is 0 Å². The number of aliphatic imine (C=N–C) groups is 1. The van der Waals surface area contributed by atoms with Gasteiger partial charge in [0.05, 0.1) is 0 Å². The molecule has 0 unspecified atom stereocenters. The summed E-state index contributed by atoms with van der Waals surface area (Å²) < 4.78 is 0. The van der Waals surface area contributed by atoms with E-state index >= 15 is 0 Å². The van der Waals surface area contributed by atoms with Crippen molar-refractivity contribution >= 4 is 12.1 Å². The molecule has 0 fully saturated rings. The zero-order chi connectivity index (χ0) is 6.10. The maximum Gasteiger partial charge on any atom is 0.228 e. The van der Waals surface area contributed by atoms with Gasteiger partial charge in [-0.3, -0.25) is 5.43 Å². The van der Waals surface area contributed by atoms with Crippen molar-refractivity contribution in [2.75, 3.05) is 0 Å². The molecule has 2 aliphatic rings. The smallest absolute Gasteiger partial charge is 0.228 e. The van der Waals surface area contributed by atoms with Crippen LogP contribution >= 0.6 is 0 Å². The summed E-state index contributed by atoms with van der Waals surface area (Å²) in [5.41, 5.74) is 4.59. The summed E-state index contributed by atoms with van der Waals surface area (Å²) in [5.74, 6) is 0.831. The van der Waals surface area contributed by atoms with Crippen molar-refractivity contribution in [2.24, 2.45) is 10.1 Å². The van der Waals surface area contributed by atoms with E-state index in [0.29, 0.717) is 0 Å². The summed E-state index contributed by atoms with van der Waals surface area (Å²) in [7, 11) is 0. The van der Waals surface area contributed by atoms with E-state index in [2.05, 4.69) is 15.5 Å². The van der Waals surface area contributed by atoms with E-state index < -0.39 is 0 Å². The second kappa shape index (κ2) is 1.56. The van der Waals surface area contributed by atoms with Gasteiger partial charge in [-0.1, -0.05) is 10.2 Å². The summed E-state index contributed by atoms with van der Waals surface area (Å²) in [6.07, 6.45) is 5.13.